The predicted octanol–water partition coefficient (Wildman–Crippen LogP) is 7.06. The summed E-state index contributed by atoms with van der Waals surface area (Å²) in [6.07, 6.45) is 8.85. The van der Waals surface area contributed by atoms with E-state index in [4.69, 9.17) is 8.94 Å². The Morgan fingerprint density at radius 2 is 1.08 bits per heavy atom. The van der Waals surface area contributed by atoms with Crippen LogP contribution in [0, 0.1) is 5.92 Å². The maximum atomic E-state index is 7.79. The van der Waals surface area contributed by atoms with Crippen LogP contribution in [0.25, 0.3) is 11.0 Å². The van der Waals surface area contributed by atoms with Gasteiger partial charge in [0.1, 0.15) is 0 Å². The van der Waals surface area contributed by atoms with Crippen LogP contribution in [0.1, 0.15) is 11.9 Å². The van der Waals surface area contributed by atoms with Gasteiger partial charge in [-0.1, -0.05) is 0 Å². The first-order chi connectivity index (χ1) is 17.8. The normalized spacial score (nSPS) is 24.7. The third kappa shape index (κ3) is 2.80. The molecule has 176 valence electrons. The Bertz CT molecular complexity index is 1450. The van der Waals surface area contributed by atoms with Crippen LogP contribution in [0.2, 0.25) is 0 Å². The van der Waals surface area contributed by atoms with Crippen LogP contribution >= 0.6 is 6.83 Å². The van der Waals surface area contributed by atoms with Crippen LogP contribution in [0.4, 0.5) is 0 Å². The predicted molar refractivity (Wildman–Crippen MR) is 151 cm³/mol. The van der Waals surface area contributed by atoms with Crippen molar-refractivity contribution in [2.24, 2.45) is 5.92 Å². The van der Waals surface area contributed by atoms with E-state index >= 15 is 0 Å². The van der Waals surface area contributed by atoms with Gasteiger partial charge in [0, 0.05) is 0 Å². The van der Waals surface area contributed by atoms with Crippen molar-refractivity contribution in [1.82, 2.24) is 0 Å². The molecule has 0 radical (unpaired) electrons. The molecule has 1 aliphatic carbocycles. The number of hydrogen-bond acceptors (Lipinski definition) is 2. The molecule has 0 amide bonds. The minimum absolute atomic E-state index is 0.131. The van der Waals surface area contributed by atoms with Crippen LogP contribution in [0.3, 0.4) is 0 Å². The number of furan rings is 1. The van der Waals surface area contributed by atoms with E-state index in [9.17, 15) is 0 Å². The third-order valence-corrected chi connectivity index (χ3v) is 14.2. The molecule has 36 heavy (non-hydrogen) atoms. The molecule has 2 unspecified atom stereocenters. The topological polar surface area (TPSA) is 22.4 Å². The Morgan fingerprint density at radius 3 is 1.67 bits per heavy atom. The van der Waals surface area contributed by atoms with Gasteiger partial charge in [-0.2, -0.15) is 0 Å². The molecule has 1 fully saturated rings. The molecular formula is C33H27O2P. The molecule has 2 heterocycles. The summed E-state index contributed by atoms with van der Waals surface area (Å²) in [6.45, 7) is -3.50. The molecule has 3 atom stereocenters. The summed E-state index contributed by atoms with van der Waals surface area (Å²) in [5.41, 5.74) is 1.03. The van der Waals surface area contributed by atoms with E-state index in [1.54, 1.807) is 0 Å². The van der Waals surface area contributed by atoms with Crippen molar-refractivity contribution in [2.75, 3.05) is 0 Å². The van der Waals surface area contributed by atoms with Crippen molar-refractivity contribution in [2.45, 2.75) is 11.8 Å². The molecule has 2 nitrogen and oxygen atoms in total. The third-order valence-electron chi connectivity index (χ3n) is 7.93. The molecule has 0 bridgehead atoms. The van der Waals surface area contributed by atoms with Gasteiger partial charge in [0.2, 0.25) is 0 Å². The Kier molecular flexibility index (Phi) is 4.89. The minimum atomic E-state index is -3.50. The Hall–Kier alpha value is -3.71. The summed E-state index contributed by atoms with van der Waals surface area (Å²) in [4.78, 5) is 0. The van der Waals surface area contributed by atoms with Gasteiger partial charge in [-0.05, 0) is 0 Å². The summed E-state index contributed by atoms with van der Waals surface area (Å²) < 4.78 is 14.3. The molecular weight excluding hydrogens is 459 g/mol. The van der Waals surface area contributed by atoms with E-state index in [-0.39, 0.29) is 17.7 Å². The summed E-state index contributed by atoms with van der Waals surface area (Å²) in [5, 5.41) is 4.84. The van der Waals surface area contributed by atoms with Crippen molar-refractivity contribution >= 4 is 33.7 Å². The molecule has 3 heteroatoms. The first kappa shape index (κ1) is 21.6. The van der Waals surface area contributed by atoms with E-state index in [1.165, 1.54) is 15.9 Å². The fourth-order valence-electron chi connectivity index (χ4n) is 6.46. The molecule has 0 spiro atoms. The van der Waals surface area contributed by atoms with Crippen molar-refractivity contribution < 1.29 is 8.94 Å². The molecule has 1 saturated heterocycles. The van der Waals surface area contributed by atoms with Crippen LogP contribution < -0.4 is 15.9 Å². The van der Waals surface area contributed by atoms with Gasteiger partial charge >= 0.3 is 212 Å². The quantitative estimate of drug-likeness (QED) is 0.254. The Balaban J connectivity index is 1.60. The van der Waals surface area contributed by atoms with Crippen molar-refractivity contribution in [3.63, 3.8) is 0 Å². The van der Waals surface area contributed by atoms with Gasteiger partial charge in [0.15, 0.2) is 0 Å². The average molecular weight is 487 g/mol. The zero-order valence-electron chi connectivity index (χ0n) is 19.9. The standard InChI is InChI=1S/C33H27O2P/c1-4-15-26(16-5-1)36(27-17-6-2-7-18-27,28-19-8-3-9-20-28)32-23-13-11-21-29(32)33(35-36)31-24-25-14-10-12-22-30(25)34-31/h1-24,29,32-33H/t29-,32?,33?/m0/s1. The van der Waals surface area contributed by atoms with E-state index in [0.29, 0.717) is 0 Å². The van der Waals surface area contributed by atoms with E-state index in [0.717, 1.165) is 16.7 Å². The zero-order valence-corrected chi connectivity index (χ0v) is 20.7. The molecule has 1 aromatic heterocycles. The Labute approximate surface area is 211 Å². The summed E-state index contributed by atoms with van der Waals surface area (Å²) in [7, 11) is 0. The molecule has 7 rings (SSSR count). The first-order valence-corrected chi connectivity index (χ1v) is 14.7. The van der Waals surface area contributed by atoms with Crippen LogP contribution in [-0.2, 0) is 4.52 Å². The van der Waals surface area contributed by atoms with Gasteiger partial charge in [-0.25, -0.2) is 0 Å². The summed E-state index contributed by atoms with van der Waals surface area (Å²) in [5.74, 6) is 1.02. The Morgan fingerprint density at radius 1 is 0.556 bits per heavy atom. The van der Waals surface area contributed by atoms with Crippen LogP contribution in [0.5, 0.6) is 0 Å². The van der Waals surface area contributed by atoms with Gasteiger partial charge < -0.3 is 0 Å². The van der Waals surface area contributed by atoms with E-state index < -0.39 is 6.83 Å². The van der Waals surface area contributed by atoms with Crippen molar-refractivity contribution in [1.29, 1.82) is 0 Å². The summed E-state index contributed by atoms with van der Waals surface area (Å²) >= 11 is 0. The molecule has 0 N–H and O–H groups in total. The number of para-hydroxylation sites is 1. The van der Waals surface area contributed by atoms with E-state index in [1.807, 2.05) is 12.1 Å². The van der Waals surface area contributed by atoms with Gasteiger partial charge in [0.25, 0.3) is 0 Å². The molecule has 2 aliphatic rings. The fourth-order valence-corrected chi connectivity index (χ4v) is 13.2. The number of rotatable bonds is 4. The van der Waals surface area contributed by atoms with Gasteiger partial charge in [-0.3, -0.25) is 0 Å². The molecule has 0 saturated carbocycles. The van der Waals surface area contributed by atoms with Gasteiger partial charge in [0.05, 0.1) is 0 Å². The molecule has 5 aromatic rings. The number of allylic oxidation sites excluding steroid dienone is 3. The average Bonchev–Trinajstić information content (AvgIpc) is 3.54. The van der Waals surface area contributed by atoms with Crippen LogP contribution in [-0.4, -0.2) is 5.66 Å². The maximum absolute atomic E-state index is 7.79. The SMILES string of the molecule is C1=CC2[C@H](C=C1)C(c1cc3ccccc3o1)OP2(c1ccccc1)(c1ccccc1)c1ccccc1. The van der Waals surface area contributed by atoms with Crippen LogP contribution in [0.15, 0.2) is 150 Å². The second-order valence-corrected chi connectivity index (χ2v) is 14.2. The number of benzene rings is 4. The zero-order chi connectivity index (χ0) is 24.0. The number of fused-ring (bicyclic) bond motifs is 2. The van der Waals surface area contributed by atoms with Crippen molar-refractivity contribution in [3.8, 4) is 0 Å². The monoisotopic (exact) mass is 486 g/mol. The number of hydrogen-bond donors (Lipinski definition) is 0. The molecule has 1 aliphatic heterocycles. The fraction of sp³-hybridized carbons (Fsp3) is 0.0909. The second kappa shape index (κ2) is 8.17. The molecule has 4 aromatic carbocycles. The van der Waals surface area contributed by atoms with Crippen molar-refractivity contribution in [3.05, 3.63) is 151 Å². The first-order valence-electron chi connectivity index (χ1n) is 12.5. The summed E-state index contributed by atoms with van der Waals surface area (Å²) in [6, 6.07) is 43.1. The van der Waals surface area contributed by atoms with Gasteiger partial charge in [-0.15, -0.1) is 0 Å². The van der Waals surface area contributed by atoms with E-state index in [2.05, 4.69) is 133 Å². The second-order valence-electron chi connectivity index (χ2n) is 9.66.